The number of hydrazine groups is 1. The van der Waals surface area contributed by atoms with Crippen LogP contribution in [0.15, 0.2) is 17.0 Å². The van der Waals surface area contributed by atoms with Crippen molar-refractivity contribution in [1.82, 2.24) is 19.4 Å². The first-order valence-electron chi connectivity index (χ1n) is 4.26. The number of hydrazone groups is 1. The van der Waals surface area contributed by atoms with Crippen LogP contribution in [0.5, 0.6) is 0 Å². The number of rotatable bonds is 3. The number of hydrogen-bond acceptors (Lipinski definition) is 5. The minimum Gasteiger partial charge on any atom is -0.371 e. The molecule has 0 aromatic carbocycles. The van der Waals surface area contributed by atoms with Gasteiger partial charge in [0, 0.05) is 19.2 Å². The Morgan fingerprint density at radius 2 is 2.15 bits per heavy atom. The van der Waals surface area contributed by atoms with Gasteiger partial charge < -0.3 is 10.6 Å². The Balaban J connectivity index is 2.61. The Morgan fingerprint density at radius 1 is 1.46 bits per heavy atom. The fourth-order valence-corrected chi connectivity index (χ4v) is 1.46. The van der Waals surface area contributed by atoms with Gasteiger partial charge in [-0.15, -0.1) is 8.43 Å². The summed E-state index contributed by atoms with van der Waals surface area (Å²) in [7, 11) is 0. The van der Waals surface area contributed by atoms with Gasteiger partial charge in [0.15, 0.2) is 5.84 Å². The summed E-state index contributed by atoms with van der Waals surface area (Å²) in [6, 6.07) is 0. The summed E-state index contributed by atoms with van der Waals surface area (Å²) in [6.07, 6.45) is 1.95. The first-order chi connectivity index (χ1) is 6.26. The third-order valence-corrected chi connectivity index (χ3v) is 1.87. The molecule has 0 saturated carbocycles. The molecule has 1 rings (SSSR count). The van der Waals surface area contributed by atoms with Gasteiger partial charge in [-0.1, -0.05) is 0 Å². The third-order valence-electron chi connectivity index (χ3n) is 1.41. The second-order valence-electron chi connectivity index (χ2n) is 2.48. The van der Waals surface area contributed by atoms with Crippen LogP contribution < -0.4 is 16.1 Å². The summed E-state index contributed by atoms with van der Waals surface area (Å²) in [6.45, 7) is 5.86. The van der Waals surface area contributed by atoms with E-state index in [0.29, 0.717) is 0 Å². The van der Waals surface area contributed by atoms with Crippen molar-refractivity contribution in [2.45, 2.75) is 13.8 Å². The van der Waals surface area contributed by atoms with Crippen LogP contribution in [0.2, 0.25) is 0 Å². The number of nitrogens with zero attached hydrogens (tertiary/aromatic N) is 2. The van der Waals surface area contributed by atoms with E-state index in [1.807, 2.05) is 13.0 Å². The van der Waals surface area contributed by atoms with Gasteiger partial charge >= 0.3 is 0 Å². The molecular weight excluding hydrogens is 281 g/mol. The Bertz CT molecular complexity index is 225. The van der Waals surface area contributed by atoms with Crippen molar-refractivity contribution in [2.75, 3.05) is 13.1 Å². The molecule has 0 aliphatic carbocycles. The highest BCUT2D eigenvalue weighted by Crippen LogP contribution is 2.03. The normalized spacial score (nSPS) is 15.8. The minimum absolute atomic E-state index is 0.867. The lowest BCUT2D eigenvalue weighted by molar-refractivity contribution is 0.423. The van der Waals surface area contributed by atoms with Crippen molar-refractivity contribution in [3.05, 3.63) is 11.9 Å². The molecule has 13 heavy (non-hydrogen) atoms. The minimum atomic E-state index is 0.867. The highest BCUT2D eigenvalue weighted by Gasteiger charge is 2.08. The van der Waals surface area contributed by atoms with Crippen molar-refractivity contribution in [3.63, 3.8) is 0 Å². The van der Waals surface area contributed by atoms with E-state index in [-0.39, 0.29) is 0 Å². The van der Waals surface area contributed by atoms with Gasteiger partial charge in [0.05, 0.1) is 0 Å². The average molecular weight is 295 g/mol. The molecule has 0 amide bonds. The van der Waals surface area contributed by atoms with Gasteiger partial charge in [0.25, 0.3) is 0 Å². The maximum atomic E-state index is 4.20. The fraction of sp³-hybridized carbons (Fsp3) is 0.571. The maximum Gasteiger partial charge on any atom is 0.152 e. The summed E-state index contributed by atoms with van der Waals surface area (Å²) < 4.78 is 1.65. The molecule has 0 spiro atoms. The summed E-state index contributed by atoms with van der Waals surface area (Å²) in [5, 5.41) is 10.5. The molecule has 3 N–H and O–H groups in total. The molecule has 0 unspecified atom stereocenters. The highest BCUT2D eigenvalue weighted by molar-refractivity contribution is 14.1. The molecule has 1 aliphatic rings. The predicted octanol–water partition coefficient (Wildman–Crippen LogP) is 0.530. The SMILES string of the molecule is CCNC1=CC(NCC)=NN(I)N1. The van der Waals surface area contributed by atoms with E-state index in [1.54, 1.807) is 3.33 Å². The highest BCUT2D eigenvalue weighted by atomic mass is 127. The van der Waals surface area contributed by atoms with Crippen LogP contribution in [0, 0.1) is 0 Å². The fourth-order valence-electron chi connectivity index (χ4n) is 0.965. The summed E-state index contributed by atoms with van der Waals surface area (Å²) >= 11 is 2.08. The van der Waals surface area contributed by atoms with Gasteiger partial charge in [0.1, 0.15) is 28.7 Å². The molecule has 1 aliphatic heterocycles. The molecule has 0 atom stereocenters. The Hall–Kier alpha value is -0.660. The van der Waals surface area contributed by atoms with E-state index >= 15 is 0 Å². The first-order valence-corrected chi connectivity index (χ1v) is 5.23. The number of likely N-dealkylation sites (N-methyl/N-ethyl adjacent to an activating group) is 1. The van der Waals surface area contributed by atoms with Crippen LogP contribution in [0.4, 0.5) is 0 Å². The second-order valence-corrected chi connectivity index (χ2v) is 3.39. The van der Waals surface area contributed by atoms with Crippen molar-refractivity contribution in [2.24, 2.45) is 5.10 Å². The van der Waals surface area contributed by atoms with Gasteiger partial charge in [0.2, 0.25) is 0 Å². The van der Waals surface area contributed by atoms with Crippen molar-refractivity contribution >= 4 is 28.7 Å². The van der Waals surface area contributed by atoms with Gasteiger partial charge in [-0.3, -0.25) is 5.43 Å². The van der Waals surface area contributed by atoms with Gasteiger partial charge in [-0.2, -0.15) is 0 Å². The molecule has 0 saturated heterocycles. The van der Waals surface area contributed by atoms with Crippen LogP contribution in [-0.4, -0.2) is 22.3 Å². The number of amidine groups is 1. The quantitative estimate of drug-likeness (QED) is 0.525. The van der Waals surface area contributed by atoms with E-state index < -0.39 is 0 Å². The Morgan fingerprint density at radius 3 is 2.77 bits per heavy atom. The lowest BCUT2D eigenvalue weighted by atomic mass is 10.4. The standard InChI is InChI=1S/C7H14IN5/c1-3-9-6-5-7(10-4-2)12-13(8)11-6/h5,9,11H,3-4H2,1-2H3,(H,10,12). The van der Waals surface area contributed by atoms with Crippen LogP contribution in [0.1, 0.15) is 13.8 Å². The van der Waals surface area contributed by atoms with Gasteiger partial charge in [-0.25, -0.2) is 0 Å². The van der Waals surface area contributed by atoms with E-state index in [1.165, 1.54) is 0 Å². The lowest BCUT2D eigenvalue weighted by Crippen LogP contribution is -2.39. The molecule has 0 aromatic rings. The van der Waals surface area contributed by atoms with Crippen LogP contribution >= 0.6 is 22.9 Å². The van der Waals surface area contributed by atoms with E-state index in [0.717, 1.165) is 24.7 Å². The topological polar surface area (TPSA) is 51.7 Å². The summed E-state index contributed by atoms with van der Waals surface area (Å²) in [5.74, 6) is 1.83. The monoisotopic (exact) mass is 295 g/mol. The summed E-state index contributed by atoms with van der Waals surface area (Å²) in [4.78, 5) is 0. The molecule has 5 nitrogen and oxygen atoms in total. The Kier molecular flexibility index (Phi) is 4.13. The van der Waals surface area contributed by atoms with Crippen molar-refractivity contribution < 1.29 is 0 Å². The zero-order valence-electron chi connectivity index (χ0n) is 7.76. The molecule has 0 bridgehead atoms. The number of hydrogen-bond donors (Lipinski definition) is 3. The molecule has 0 fully saturated rings. The van der Waals surface area contributed by atoms with E-state index in [9.17, 15) is 0 Å². The largest absolute Gasteiger partial charge is 0.371 e. The average Bonchev–Trinajstić information content (AvgIpc) is 2.04. The second kappa shape index (κ2) is 5.15. The third kappa shape index (κ3) is 3.29. The molecule has 0 aromatic heterocycles. The molecule has 1 heterocycles. The van der Waals surface area contributed by atoms with Crippen molar-refractivity contribution in [3.8, 4) is 0 Å². The summed E-state index contributed by atoms with van der Waals surface area (Å²) in [5.41, 5.74) is 3.05. The van der Waals surface area contributed by atoms with Gasteiger partial charge in [-0.05, 0) is 13.8 Å². The molecule has 6 heteroatoms. The molecular formula is C7H14IN5. The van der Waals surface area contributed by atoms with Crippen LogP contribution in [-0.2, 0) is 0 Å². The zero-order valence-corrected chi connectivity index (χ0v) is 9.92. The van der Waals surface area contributed by atoms with E-state index in [2.05, 4.69) is 50.9 Å². The lowest BCUT2D eigenvalue weighted by Gasteiger charge is -2.22. The maximum absolute atomic E-state index is 4.20. The van der Waals surface area contributed by atoms with Crippen LogP contribution in [0.25, 0.3) is 0 Å². The number of halogens is 1. The number of nitrogens with one attached hydrogen (secondary N) is 3. The zero-order chi connectivity index (χ0) is 9.68. The van der Waals surface area contributed by atoms with E-state index in [4.69, 9.17) is 0 Å². The molecule has 0 radical (unpaired) electrons. The first kappa shape index (κ1) is 10.4. The predicted molar refractivity (Wildman–Crippen MR) is 61.9 cm³/mol. The van der Waals surface area contributed by atoms with Crippen LogP contribution in [0.3, 0.4) is 0 Å². The Labute approximate surface area is 92.1 Å². The smallest absolute Gasteiger partial charge is 0.152 e. The van der Waals surface area contributed by atoms with Crippen molar-refractivity contribution in [1.29, 1.82) is 0 Å². The molecule has 74 valence electrons.